The molecular weight excluding hydrogens is 383 g/mol. The van der Waals surface area contributed by atoms with E-state index in [0.717, 1.165) is 18.9 Å². The zero-order valence-corrected chi connectivity index (χ0v) is 16.0. The third-order valence-electron chi connectivity index (χ3n) is 2.72. The van der Waals surface area contributed by atoms with E-state index in [9.17, 15) is 4.79 Å². The molecule has 0 heterocycles. The van der Waals surface area contributed by atoms with Gasteiger partial charge in [-0.15, -0.1) is 24.0 Å². The average molecular weight is 414 g/mol. The molecular formula is C14H31IN4O2. The molecule has 126 valence electrons. The number of aliphatic imine (C=N–C) groups is 1. The minimum Gasteiger partial charge on any atom is -0.380 e. The average Bonchev–Trinajstić information content (AvgIpc) is 2.43. The number of nitrogens with zero attached hydrogens (tertiary/aromatic N) is 1. The van der Waals surface area contributed by atoms with Crippen LogP contribution in [0.15, 0.2) is 4.99 Å². The molecule has 0 aromatic carbocycles. The second kappa shape index (κ2) is 15.8. The number of carbonyl (C=O) groups is 1. The summed E-state index contributed by atoms with van der Waals surface area (Å²) in [7, 11) is 0. The molecule has 0 aliphatic rings. The number of ether oxygens (including phenoxy) is 1. The summed E-state index contributed by atoms with van der Waals surface area (Å²) in [6.45, 7) is 11.3. The first-order chi connectivity index (χ1) is 9.63. The highest BCUT2D eigenvalue weighted by molar-refractivity contribution is 14.0. The molecule has 1 atom stereocenters. The van der Waals surface area contributed by atoms with Gasteiger partial charge in [0.2, 0.25) is 5.91 Å². The molecule has 0 saturated carbocycles. The van der Waals surface area contributed by atoms with E-state index in [4.69, 9.17) is 4.74 Å². The largest absolute Gasteiger partial charge is 0.380 e. The van der Waals surface area contributed by atoms with Gasteiger partial charge in [-0.05, 0) is 27.2 Å². The second-order valence-corrected chi connectivity index (χ2v) is 4.51. The van der Waals surface area contributed by atoms with Crippen molar-refractivity contribution >= 4 is 35.8 Å². The molecule has 0 aromatic heterocycles. The van der Waals surface area contributed by atoms with Crippen LogP contribution < -0.4 is 16.0 Å². The third-order valence-corrected chi connectivity index (χ3v) is 2.72. The summed E-state index contributed by atoms with van der Waals surface area (Å²) in [5, 5.41) is 9.22. The number of halogens is 1. The van der Waals surface area contributed by atoms with Crippen LogP contribution in [0.25, 0.3) is 0 Å². The maximum atomic E-state index is 11.6. The number of nitrogens with one attached hydrogen (secondary N) is 3. The van der Waals surface area contributed by atoms with Gasteiger partial charge in [0, 0.05) is 32.2 Å². The Labute approximate surface area is 145 Å². The van der Waals surface area contributed by atoms with Crippen LogP contribution in [0.5, 0.6) is 0 Å². The van der Waals surface area contributed by atoms with Crippen molar-refractivity contribution < 1.29 is 9.53 Å². The van der Waals surface area contributed by atoms with E-state index in [1.807, 2.05) is 20.8 Å². The van der Waals surface area contributed by atoms with Crippen LogP contribution in [0.3, 0.4) is 0 Å². The summed E-state index contributed by atoms with van der Waals surface area (Å²) < 4.78 is 5.23. The highest BCUT2D eigenvalue weighted by Crippen LogP contribution is 1.89. The van der Waals surface area contributed by atoms with E-state index < -0.39 is 0 Å². The highest BCUT2D eigenvalue weighted by atomic mass is 127. The van der Waals surface area contributed by atoms with E-state index in [2.05, 4.69) is 27.9 Å². The summed E-state index contributed by atoms with van der Waals surface area (Å²) in [5.74, 6) is 0.792. The molecule has 0 fully saturated rings. The van der Waals surface area contributed by atoms with Crippen molar-refractivity contribution in [3.8, 4) is 0 Å². The molecule has 21 heavy (non-hydrogen) atoms. The van der Waals surface area contributed by atoms with Crippen LogP contribution in [0, 0.1) is 0 Å². The van der Waals surface area contributed by atoms with Crippen molar-refractivity contribution in [2.45, 2.75) is 46.6 Å². The van der Waals surface area contributed by atoms with Crippen LogP contribution in [0.2, 0.25) is 0 Å². The summed E-state index contributed by atoms with van der Waals surface area (Å²) in [5.41, 5.74) is 0. The summed E-state index contributed by atoms with van der Waals surface area (Å²) in [6, 6.07) is 0.232. The molecule has 0 aliphatic heterocycles. The Morgan fingerprint density at radius 2 is 1.95 bits per heavy atom. The van der Waals surface area contributed by atoms with Crippen LogP contribution in [-0.2, 0) is 9.53 Å². The van der Waals surface area contributed by atoms with Gasteiger partial charge >= 0.3 is 0 Å². The van der Waals surface area contributed by atoms with Crippen molar-refractivity contribution in [2.24, 2.45) is 4.99 Å². The molecule has 6 nitrogen and oxygen atoms in total. The van der Waals surface area contributed by atoms with E-state index in [1.165, 1.54) is 0 Å². The lowest BCUT2D eigenvalue weighted by molar-refractivity contribution is -0.121. The van der Waals surface area contributed by atoms with Gasteiger partial charge < -0.3 is 20.7 Å². The van der Waals surface area contributed by atoms with Crippen LogP contribution in [0.4, 0.5) is 0 Å². The van der Waals surface area contributed by atoms with Crippen molar-refractivity contribution in [2.75, 3.05) is 32.8 Å². The molecule has 0 aromatic rings. The number of hydrogen-bond donors (Lipinski definition) is 3. The zero-order chi connectivity index (χ0) is 15.2. The Balaban J connectivity index is 0. The molecule has 3 N–H and O–H groups in total. The Morgan fingerprint density at radius 3 is 2.52 bits per heavy atom. The SMILES string of the molecule is CCNC(=NCCOCC)NCCC(=O)NC(C)CC.I. The van der Waals surface area contributed by atoms with Gasteiger partial charge in [0.25, 0.3) is 0 Å². The van der Waals surface area contributed by atoms with E-state index in [-0.39, 0.29) is 35.9 Å². The van der Waals surface area contributed by atoms with Gasteiger partial charge in [0.15, 0.2) is 5.96 Å². The summed E-state index contributed by atoms with van der Waals surface area (Å²) >= 11 is 0. The lowest BCUT2D eigenvalue weighted by atomic mass is 10.2. The molecule has 0 spiro atoms. The quantitative estimate of drug-likeness (QED) is 0.219. The minimum atomic E-state index is 0. The smallest absolute Gasteiger partial charge is 0.221 e. The lowest BCUT2D eigenvalue weighted by Crippen LogP contribution is -2.40. The first-order valence-electron chi connectivity index (χ1n) is 7.53. The van der Waals surface area contributed by atoms with Crippen LogP contribution in [0.1, 0.15) is 40.5 Å². The first kappa shape index (κ1) is 22.7. The topological polar surface area (TPSA) is 74.8 Å². The molecule has 0 aliphatic carbocycles. The number of carbonyl (C=O) groups excluding carboxylic acids is 1. The fourth-order valence-corrected chi connectivity index (χ4v) is 1.45. The Morgan fingerprint density at radius 1 is 1.24 bits per heavy atom. The Hall–Kier alpha value is -0.570. The number of rotatable bonds is 10. The van der Waals surface area contributed by atoms with Gasteiger partial charge in [0.05, 0.1) is 13.2 Å². The maximum absolute atomic E-state index is 11.6. The van der Waals surface area contributed by atoms with Crippen molar-refractivity contribution in [3.63, 3.8) is 0 Å². The van der Waals surface area contributed by atoms with Crippen molar-refractivity contribution in [3.05, 3.63) is 0 Å². The fourth-order valence-electron chi connectivity index (χ4n) is 1.45. The van der Waals surface area contributed by atoms with Crippen molar-refractivity contribution in [1.82, 2.24) is 16.0 Å². The van der Waals surface area contributed by atoms with Gasteiger partial charge in [-0.2, -0.15) is 0 Å². The molecule has 1 unspecified atom stereocenters. The third kappa shape index (κ3) is 14.1. The monoisotopic (exact) mass is 414 g/mol. The van der Waals surface area contributed by atoms with Crippen molar-refractivity contribution in [1.29, 1.82) is 0 Å². The summed E-state index contributed by atoms with van der Waals surface area (Å²) in [6.07, 6.45) is 1.39. The first-order valence-corrected chi connectivity index (χ1v) is 7.53. The van der Waals surface area contributed by atoms with Crippen LogP contribution >= 0.6 is 24.0 Å². The molecule has 7 heteroatoms. The van der Waals surface area contributed by atoms with E-state index in [1.54, 1.807) is 0 Å². The fraction of sp³-hybridized carbons (Fsp3) is 0.857. The normalized spacial score (nSPS) is 12.3. The number of hydrogen-bond acceptors (Lipinski definition) is 3. The minimum absolute atomic E-state index is 0. The van der Waals surface area contributed by atoms with Gasteiger partial charge in [-0.3, -0.25) is 9.79 Å². The standard InChI is InChI=1S/C14H30N4O2.HI/c1-5-12(4)18-13(19)8-9-16-14(15-6-2)17-10-11-20-7-3;/h12H,5-11H2,1-4H3,(H,18,19)(H2,15,16,17);1H. The summed E-state index contributed by atoms with van der Waals surface area (Å²) in [4.78, 5) is 16.0. The Bertz CT molecular complexity index is 288. The number of amides is 1. The van der Waals surface area contributed by atoms with Gasteiger partial charge in [-0.1, -0.05) is 6.92 Å². The van der Waals surface area contributed by atoms with Gasteiger partial charge in [0.1, 0.15) is 0 Å². The predicted octanol–water partition coefficient (Wildman–Crippen LogP) is 1.50. The second-order valence-electron chi connectivity index (χ2n) is 4.51. The highest BCUT2D eigenvalue weighted by Gasteiger charge is 2.05. The predicted molar refractivity (Wildman–Crippen MR) is 98.4 cm³/mol. The molecule has 1 amide bonds. The zero-order valence-electron chi connectivity index (χ0n) is 13.7. The van der Waals surface area contributed by atoms with Crippen LogP contribution in [-0.4, -0.2) is 50.8 Å². The number of guanidine groups is 1. The Kier molecular flexibility index (Phi) is 17.1. The molecule has 0 radical (unpaired) electrons. The maximum Gasteiger partial charge on any atom is 0.221 e. The lowest BCUT2D eigenvalue weighted by Gasteiger charge is -2.13. The van der Waals surface area contributed by atoms with Gasteiger partial charge in [-0.25, -0.2) is 0 Å². The molecule has 0 saturated heterocycles. The van der Waals surface area contributed by atoms with E-state index in [0.29, 0.717) is 32.7 Å². The van der Waals surface area contributed by atoms with E-state index >= 15 is 0 Å². The molecule has 0 bridgehead atoms. The molecule has 0 rings (SSSR count).